The van der Waals surface area contributed by atoms with Gasteiger partial charge in [-0.25, -0.2) is 0 Å². The lowest BCUT2D eigenvalue weighted by atomic mass is 9.82. The number of fused-ring (bicyclic) bond motifs is 1. The molecule has 37 heavy (non-hydrogen) atoms. The predicted octanol–water partition coefficient (Wildman–Crippen LogP) is 2.82. The maximum atomic E-state index is 12.8. The Hall–Kier alpha value is -3.50. The van der Waals surface area contributed by atoms with Crippen molar-refractivity contribution in [3.63, 3.8) is 0 Å². The van der Waals surface area contributed by atoms with Crippen molar-refractivity contribution in [2.75, 3.05) is 53.9 Å². The van der Waals surface area contributed by atoms with Crippen molar-refractivity contribution in [3.05, 3.63) is 47.5 Å². The van der Waals surface area contributed by atoms with E-state index in [1.165, 1.54) is 0 Å². The molecule has 2 aromatic carbocycles. The highest BCUT2D eigenvalue weighted by molar-refractivity contribution is 5.79. The van der Waals surface area contributed by atoms with Crippen LogP contribution in [0.5, 0.6) is 23.0 Å². The van der Waals surface area contributed by atoms with Gasteiger partial charge in [0.2, 0.25) is 12.7 Å². The summed E-state index contributed by atoms with van der Waals surface area (Å²) in [6, 6.07) is 10.2. The second-order valence-corrected chi connectivity index (χ2v) is 9.05. The smallest absolute Gasteiger partial charge is 0.309 e. The Labute approximate surface area is 216 Å². The van der Waals surface area contributed by atoms with Crippen LogP contribution in [0, 0.1) is 5.92 Å². The highest BCUT2D eigenvalue weighted by Gasteiger charge is 2.49. The van der Waals surface area contributed by atoms with Crippen LogP contribution >= 0.6 is 0 Å². The lowest BCUT2D eigenvalue weighted by Crippen LogP contribution is -2.38. The van der Waals surface area contributed by atoms with Crippen molar-refractivity contribution >= 4 is 11.9 Å². The van der Waals surface area contributed by atoms with Crippen molar-refractivity contribution in [3.8, 4) is 23.0 Å². The van der Waals surface area contributed by atoms with Crippen LogP contribution < -0.4 is 24.3 Å². The number of carbonyl (C=O) groups is 2. The van der Waals surface area contributed by atoms with Gasteiger partial charge >= 0.3 is 5.97 Å². The van der Waals surface area contributed by atoms with Gasteiger partial charge in [0.05, 0.1) is 32.2 Å². The van der Waals surface area contributed by atoms with Crippen LogP contribution in [-0.4, -0.2) is 75.7 Å². The molecule has 4 rings (SSSR count). The number of benzene rings is 2. The van der Waals surface area contributed by atoms with Crippen molar-refractivity contribution in [1.82, 2.24) is 10.2 Å². The molecule has 10 heteroatoms. The van der Waals surface area contributed by atoms with Crippen LogP contribution in [0.4, 0.5) is 0 Å². The van der Waals surface area contributed by atoms with E-state index in [2.05, 4.69) is 5.32 Å². The molecule has 0 spiro atoms. The minimum absolute atomic E-state index is 0.0546. The third kappa shape index (κ3) is 5.91. The van der Waals surface area contributed by atoms with Gasteiger partial charge in [0.25, 0.3) is 0 Å². The average Bonchev–Trinajstić information content (AvgIpc) is 3.51. The summed E-state index contributed by atoms with van der Waals surface area (Å²) < 4.78 is 27.5. The first-order valence-electron chi connectivity index (χ1n) is 12.4. The van der Waals surface area contributed by atoms with E-state index >= 15 is 0 Å². The van der Waals surface area contributed by atoms with E-state index in [0.29, 0.717) is 48.3 Å². The fourth-order valence-corrected chi connectivity index (χ4v) is 4.99. The molecule has 2 aliphatic heterocycles. The van der Waals surface area contributed by atoms with E-state index in [-0.39, 0.29) is 25.9 Å². The molecule has 0 saturated carbocycles. The molecule has 1 fully saturated rings. The van der Waals surface area contributed by atoms with Gasteiger partial charge in [-0.05, 0) is 30.2 Å². The topological polar surface area (TPSA) is 116 Å². The van der Waals surface area contributed by atoms with Crippen LogP contribution in [0.2, 0.25) is 0 Å². The molecule has 2 aliphatic rings. The van der Waals surface area contributed by atoms with Gasteiger partial charge < -0.3 is 34.1 Å². The third-order valence-electron chi connectivity index (χ3n) is 6.71. The number of carboxylic acids is 1. The van der Waals surface area contributed by atoms with E-state index in [9.17, 15) is 14.7 Å². The number of aliphatic carboxylic acids is 1. The first-order chi connectivity index (χ1) is 18.0. The Kier molecular flexibility index (Phi) is 8.73. The Morgan fingerprint density at radius 1 is 1.11 bits per heavy atom. The van der Waals surface area contributed by atoms with Crippen LogP contribution in [-0.2, 0) is 14.3 Å². The summed E-state index contributed by atoms with van der Waals surface area (Å²) in [7, 11) is 3.14. The van der Waals surface area contributed by atoms with Gasteiger partial charge in [-0.1, -0.05) is 19.1 Å². The molecule has 2 aromatic rings. The summed E-state index contributed by atoms with van der Waals surface area (Å²) in [6.45, 7) is 3.74. The predicted molar refractivity (Wildman–Crippen MR) is 134 cm³/mol. The van der Waals surface area contributed by atoms with Crippen molar-refractivity contribution in [2.45, 2.75) is 25.3 Å². The number of methoxy groups -OCH3 is 2. The zero-order valence-corrected chi connectivity index (χ0v) is 21.4. The number of hydrogen-bond acceptors (Lipinski definition) is 8. The quantitative estimate of drug-likeness (QED) is 0.413. The van der Waals surface area contributed by atoms with Gasteiger partial charge in [0.15, 0.2) is 11.5 Å². The second kappa shape index (κ2) is 12.2. The summed E-state index contributed by atoms with van der Waals surface area (Å²) >= 11 is 0. The molecular formula is C27H34N2O8. The zero-order chi connectivity index (χ0) is 26.4. The molecule has 0 bridgehead atoms. The Morgan fingerprint density at radius 2 is 1.92 bits per heavy atom. The Bertz CT molecular complexity index is 1110. The van der Waals surface area contributed by atoms with Crippen LogP contribution in [0.25, 0.3) is 0 Å². The minimum atomic E-state index is -0.956. The lowest BCUT2D eigenvalue weighted by Gasteiger charge is -2.28. The summed E-state index contributed by atoms with van der Waals surface area (Å²) in [6.07, 6.45) is 0.808. The summed E-state index contributed by atoms with van der Waals surface area (Å²) in [4.78, 5) is 27.6. The normalized spacial score (nSPS) is 20.6. The minimum Gasteiger partial charge on any atom is -0.497 e. The molecule has 0 aliphatic carbocycles. The van der Waals surface area contributed by atoms with Crippen LogP contribution in [0.1, 0.15) is 36.4 Å². The Morgan fingerprint density at radius 3 is 2.65 bits per heavy atom. The summed E-state index contributed by atoms with van der Waals surface area (Å²) in [5.74, 6) is -0.0585. The van der Waals surface area contributed by atoms with Gasteiger partial charge in [0.1, 0.15) is 18.1 Å². The number of hydrogen-bond donors (Lipinski definition) is 2. The summed E-state index contributed by atoms with van der Waals surface area (Å²) in [5, 5.41) is 13.4. The highest BCUT2D eigenvalue weighted by atomic mass is 16.7. The Balaban J connectivity index is 1.75. The van der Waals surface area contributed by atoms with E-state index in [1.807, 2.05) is 30.0 Å². The van der Waals surface area contributed by atoms with Gasteiger partial charge in [0, 0.05) is 37.7 Å². The number of ether oxygens (including phenoxy) is 5. The largest absolute Gasteiger partial charge is 0.497 e. The lowest BCUT2D eigenvalue weighted by molar-refractivity contribution is -0.143. The second-order valence-electron chi connectivity index (χ2n) is 9.05. The molecule has 1 saturated heterocycles. The first kappa shape index (κ1) is 26.6. The van der Waals surface area contributed by atoms with Crippen molar-refractivity contribution < 1.29 is 38.4 Å². The van der Waals surface area contributed by atoms with E-state index in [1.54, 1.807) is 32.4 Å². The van der Waals surface area contributed by atoms with Crippen molar-refractivity contribution in [1.29, 1.82) is 0 Å². The van der Waals surface area contributed by atoms with E-state index in [0.717, 1.165) is 12.0 Å². The molecule has 2 N–H and O–H groups in total. The average molecular weight is 515 g/mol. The molecule has 2 heterocycles. The number of rotatable bonds is 12. The highest BCUT2D eigenvalue weighted by Crippen LogP contribution is 2.49. The molecule has 10 nitrogen and oxygen atoms in total. The zero-order valence-electron chi connectivity index (χ0n) is 21.4. The number of carbonyl (C=O) groups excluding carboxylic acids is 1. The van der Waals surface area contributed by atoms with Gasteiger partial charge in [-0.3, -0.25) is 14.5 Å². The monoisotopic (exact) mass is 514 g/mol. The van der Waals surface area contributed by atoms with Gasteiger partial charge in [-0.15, -0.1) is 0 Å². The molecule has 0 aromatic heterocycles. The molecule has 0 unspecified atom stereocenters. The number of likely N-dealkylation sites (tertiary alicyclic amines) is 1. The molecule has 1 amide bonds. The van der Waals surface area contributed by atoms with E-state index < -0.39 is 23.8 Å². The molecular weight excluding hydrogens is 480 g/mol. The van der Waals surface area contributed by atoms with E-state index in [4.69, 9.17) is 23.7 Å². The van der Waals surface area contributed by atoms with Crippen LogP contribution in [0.15, 0.2) is 36.4 Å². The SMILES string of the molecule is CCCNC(=O)CN1C[C@H](c2ccc3c(c2)OCO3)[C@H](C(=O)O)[C@H]1c1ccc(OC)cc1OCCOC. The molecule has 200 valence electrons. The third-order valence-corrected chi connectivity index (χ3v) is 6.71. The fraction of sp³-hybridized carbons (Fsp3) is 0.481. The van der Waals surface area contributed by atoms with Crippen LogP contribution in [0.3, 0.4) is 0 Å². The number of carboxylic acid groups (broad SMARTS) is 1. The molecule has 0 radical (unpaired) electrons. The number of nitrogens with one attached hydrogen (secondary N) is 1. The fourth-order valence-electron chi connectivity index (χ4n) is 4.99. The molecule has 3 atom stereocenters. The first-order valence-corrected chi connectivity index (χ1v) is 12.4. The summed E-state index contributed by atoms with van der Waals surface area (Å²) in [5.41, 5.74) is 1.49. The standard InChI is InChI=1S/C27H34N2O8/c1-4-9-28-24(30)15-29-14-20(17-5-8-21-23(12-17)37-16-36-21)25(27(31)32)26(29)19-7-6-18(34-3)13-22(19)35-11-10-33-2/h5-8,12-13,20,25-26H,4,9-11,14-16H2,1-3H3,(H,28,30)(H,31,32)/t20-,25+,26-/m1/s1. The van der Waals surface area contributed by atoms with Crippen molar-refractivity contribution in [2.24, 2.45) is 5.92 Å². The number of amides is 1. The maximum Gasteiger partial charge on any atom is 0.309 e. The van der Waals surface area contributed by atoms with Gasteiger partial charge in [-0.2, -0.15) is 0 Å². The number of nitrogens with zero attached hydrogens (tertiary/aromatic N) is 1. The maximum absolute atomic E-state index is 12.8.